The summed E-state index contributed by atoms with van der Waals surface area (Å²) in [5.41, 5.74) is 3.80. The van der Waals surface area contributed by atoms with Gasteiger partial charge in [0.1, 0.15) is 5.70 Å². The summed E-state index contributed by atoms with van der Waals surface area (Å²) in [7, 11) is 0. The average molecular weight is 625 g/mol. The van der Waals surface area contributed by atoms with Crippen molar-refractivity contribution in [2.24, 2.45) is 0 Å². The van der Waals surface area contributed by atoms with Gasteiger partial charge in [-0.05, 0) is 73.3 Å². The lowest BCUT2D eigenvalue weighted by Gasteiger charge is -2.13. The summed E-state index contributed by atoms with van der Waals surface area (Å²) in [6.45, 7) is 3.80. The molecular formula is C33H28N4O3S3. The summed E-state index contributed by atoms with van der Waals surface area (Å²) < 4.78 is 0. The fraction of sp³-hybridized carbons (Fsp3) is 0.0909. The molecule has 0 spiro atoms. The Labute approximate surface area is 262 Å². The monoisotopic (exact) mass is 624 g/mol. The van der Waals surface area contributed by atoms with E-state index in [2.05, 4.69) is 20.9 Å². The van der Waals surface area contributed by atoms with E-state index in [1.807, 2.05) is 79.2 Å². The molecule has 0 radical (unpaired) electrons. The molecule has 0 aliphatic heterocycles. The van der Waals surface area contributed by atoms with E-state index < -0.39 is 5.91 Å². The predicted molar refractivity (Wildman–Crippen MR) is 178 cm³/mol. The number of hydrogen-bond acceptors (Lipinski definition) is 7. The number of carbonyl (C=O) groups is 3. The number of amides is 3. The van der Waals surface area contributed by atoms with Crippen LogP contribution < -0.4 is 16.0 Å². The highest BCUT2D eigenvalue weighted by Crippen LogP contribution is 2.30. The quantitative estimate of drug-likeness (QED) is 0.109. The highest BCUT2D eigenvalue weighted by molar-refractivity contribution is 8.00. The highest BCUT2D eigenvalue weighted by atomic mass is 32.2. The largest absolute Gasteiger partial charge is 0.321 e. The Balaban J connectivity index is 1.22. The van der Waals surface area contributed by atoms with Gasteiger partial charge in [-0.1, -0.05) is 54.1 Å². The Morgan fingerprint density at radius 1 is 0.884 bits per heavy atom. The first-order valence-electron chi connectivity index (χ1n) is 13.4. The summed E-state index contributed by atoms with van der Waals surface area (Å²) >= 11 is 4.40. The van der Waals surface area contributed by atoms with Gasteiger partial charge in [0, 0.05) is 21.5 Å². The van der Waals surface area contributed by atoms with Crippen LogP contribution in [0.1, 0.15) is 28.4 Å². The molecule has 0 fully saturated rings. The lowest BCUT2D eigenvalue weighted by atomic mass is 10.1. The summed E-state index contributed by atoms with van der Waals surface area (Å²) in [5.74, 6) is -0.979. The molecule has 2 heterocycles. The van der Waals surface area contributed by atoms with Crippen molar-refractivity contribution in [1.82, 2.24) is 10.3 Å². The number of rotatable bonds is 10. The Morgan fingerprint density at radius 3 is 2.40 bits per heavy atom. The van der Waals surface area contributed by atoms with Crippen LogP contribution >= 0.6 is 34.4 Å². The van der Waals surface area contributed by atoms with Crippen molar-refractivity contribution in [1.29, 1.82) is 0 Å². The van der Waals surface area contributed by atoms with Crippen LogP contribution in [0.5, 0.6) is 0 Å². The van der Waals surface area contributed by atoms with Gasteiger partial charge in [0.2, 0.25) is 5.91 Å². The molecule has 5 aromatic rings. The maximum absolute atomic E-state index is 13.3. The average Bonchev–Trinajstić information content (AvgIpc) is 3.71. The molecule has 43 heavy (non-hydrogen) atoms. The van der Waals surface area contributed by atoms with E-state index in [9.17, 15) is 14.4 Å². The number of aromatic nitrogens is 1. The minimum absolute atomic E-state index is 0.118. The SMILES string of the molecule is Cc1cccc(/C=C(\NC(=O)c2ccccc2)C(=O)Nc2ccc(SC(C)C(=O)Nc3nc(-c4cccs4)cs3)cc2)c1. The Morgan fingerprint density at radius 2 is 1.67 bits per heavy atom. The molecule has 5 rings (SSSR count). The number of thiazole rings is 1. The van der Waals surface area contributed by atoms with Gasteiger partial charge in [0.25, 0.3) is 11.8 Å². The Bertz CT molecular complexity index is 1750. The normalized spacial score (nSPS) is 11.9. The van der Waals surface area contributed by atoms with Gasteiger partial charge < -0.3 is 16.0 Å². The van der Waals surface area contributed by atoms with Gasteiger partial charge in [0.15, 0.2) is 5.13 Å². The van der Waals surface area contributed by atoms with Crippen molar-refractivity contribution in [2.45, 2.75) is 24.0 Å². The summed E-state index contributed by atoms with van der Waals surface area (Å²) in [6.07, 6.45) is 1.65. The molecule has 0 aliphatic carbocycles. The molecule has 1 atom stereocenters. The van der Waals surface area contributed by atoms with Crippen molar-refractivity contribution in [3.8, 4) is 10.6 Å². The third-order valence-electron chi connectivity index (χ3n) is 6.18. The zero-order valence-corrected chi connectivity index (χ0v) is 25.8. The van der Waals surface area contributed by atoms with Crippen LogP contribution in [0.15, 0.2) is 112 Å². The zero-order valence-electron chi connectivity index (χ0n) is 23.4. The van der Waals surface area contributed by atoms with E-state index in [0.717, 1.165) is 26.6 Å². The highest BCUT2D eigenvalue weighted by Gasteiger charge is 2.18. The van der Waals surface area contributed by atoms with Gasteiger partial charge in [-0.3, -0.25) is 14.4 Å². The lowest BCUT2D eigenvalue weighted by molar-refractivity contribution is -0.115. The van der Waals surface area contributed by atoms with Crippen molar-refractivity contribution in [3.63, 3.8) is 0 Å². The predicted octanol–water partition coefficient (Wildman–Crippen LogP) is 7.71. The molecule has 10 heteroatoms. The second-order valence-electron chi connectivity index (χ2n) is 9.54. The first-order valence-corrected chi connectivity index (χ1v) is 16.0. The number of hydrogen-bond donors (Lipinski definition) is 3. The van der Waals surface area contributed by atoms with Crippen molar-refractivity contribution in [2.75, 3.05) is 10.6 Å². The van der Waals surface area contributed by atoms with E-state index >= 15 is 0 Å². The molecular weight excluding hydrogens is 597 g/mol. The summed E-state index contributed by atoms with van der Waals surface area (Å²) in [6, 6.07) is 27.6. The lowest BCUT2D eigenvalue weighted by Crippen LogP contribution is -2.30. The van der Waals surface area contributed by atoms with Crippen molar-refractivity contribution >= 4 is 69.1 Å². The number of nitrogens with zero attached hydrogens (tertiary/aromatic N) is 1. The Hall–Kier alpha value is -4.51. The van der Waals surface area contributed by atoms with Crippen molar-refractivity contribution < 1.29 is 14.4 Å². The van der Waals surface area contributed by atoms with Crippen LogP contribution in [-0.2, 0) is 9.59 Å². The van der Waals surface area contributed by atoms with E-state index in [0.29, 0.717) is 16.4 Å². The Kier molecular flexibility index (Phi) is 9.83. The molecule has 0 saturated carbocycles. The fourth-order valence-electron chi connectivity index (χ4n) is 4.02. The molecule has 3 amide bonds. The molecule has 0 saturated heterocycles. The first-order chi connectivity index (χ1) is 20.8. The van der Waals surface area contributed by atoms with Crippen LogP contribution in [-0.4, -0.2) is 28.0 Å². The number of carbonyl (C=O) groups excluding carboxylic acids is 3. The fourth-order valence-corrected chi connectivity index (χ4v) is 6.36. The van der Waals surface area contributed by atoms with Gasteiger partial charge >= 0.3 is 0 Å². The van der Waals surface area contributed by atoms with Crippen LogP contribution in [0.25, 0.3) is 16.6 Å². The smallest absolute Gasteiger partial charge is 0.272 e. The molecule has 2 aromatic heterocycles. The molecule has 0 aliphatic rings. The van der Waals surface area contributed by atoms with Crippen LogP contribution in [0.4, 0.5) is 10.8 Å². The minimum atomic E-state index is -0.454. The molecule has 3 aromatic carbocycles. The van der Waals surface area contributed by atoms with Gasteiger partial charge in [-0.15, -0.1) is 34.4 Å². The van der Waals surface area contributed by atoms with E-state index in [-0.39, 0.29) is 22.8 Å². The number of benzene rings is 3. The number of nitrogens with one attached hydrogen (secondary N) is 3. The standard InChI is InChI=1S/C33H28N4O3S3/c1-21-8-6-9-23(18-21)19-27(35-31(39)24-10-4-3-5-11-24)32(40)34-25-13-15-26(16-14-25)43-22(2)30(38)37-33-36-28(20-42-33)29-12-7-17-41-29/h3-20,22H,1-2H3,(H,34,40)(H,35,39)(H,36,37,38)/b27-19-. The van der Waals surface area contributed by atoms with Crippen LogP contribution in [0.2, 0.25) is 0 Å². The van der Waals surface area contributed by atoms with E-state index in [4.69, 9.17) is 0 Å². The van der Waals surface area contributed by atoms with Gasteiger partial charge in [-0.2, -0.15) is 0 Å². The molecule has 3 N–H and O–H groups in total. The summed E-state index contributed by atoms with van der Waals surface area (Å²) in [5, 5.41) is 12.6. The van der Waals surface area contributed by atoms with E-state index in [1.54, 1.807) is 53.8 Å². The molecule has 0 bridgehead atoms. The zero-order chi connectivity index (χ0) is 30.2. The first kappa shape index (κ1) is 30.0. The summed E-state index contributed by atoms with van der Waals surface area (Å²) in [4.78, 5) is 45.4. The molecule has 1 unspecified atom stereocenters. The van der Waals surface area contributed by atoms with Gasteiger partial charge in [-0.25, -0.2) is 4.98 Å². The number of anilines is 2. The second kappa shape index (κ2) is 14.1. The molecule has 7 nitrogen and oxygen atoms in total. The van der Waals surface area contributed by atoms with Crippen LogP contribution in [0, 0.1) is 6.92 Å². The maximum Gasteiger partial charge on any atom is 0.272 e. The molecule has 216 valence electrons. The minimum Gasteiger partial charge on any atom is -0.321 e. The second-order valence-corrected chi connectivity index (χ2v) is 12.8. The number of thioether (sulfide) groups is 1. The topological polar surface area (TPSA) is 100 Å². The number of thiophene rings is 1. The van der Waals surface area contributed by atoms with Crippen LogP contribution in [0.3, 0.4) is 0 Å². The third-order valence-corrected chi connectivity index (χ3v) is 8.95. The van der Waals surface area contributed by atoms with Gasteiger partial charge in [0.05, 0.1) is 15.8 Å². The number of aryl methyl sites for hydroxylation is 1. The third kappa shape index (κ3) is 8.29. The van der Waals surface area contributed by atoms with E-state index in [1.165, 1.54) is 23.1 Å². The van der Waals surface area contributed by atoms with Crippen molar-refractivity contribution in [3.05, 3.63) is 124 Å². The maximum atomic E-state index is 13.3.